The fourth-order valence-electron chi connectivity index (χ4n) is 7.25. The van der Waals surface area contributed by atoms with E-state index in [1.807, 2.05) is 67.6 Å². The summed E-state index contributed by atoms with van der Waals surface area (Å²) in [7, 11) is 0. The Morgan fingerprint density at radius 3 is 1.87 bits per heavy atom. The summed E-state index contributed by atoms with van der Waals surface area (Å²) in [5.41, 5.74) is 18.5. The number of azo groups is 1. The predicted octanol–water partition coefficient (Wildman–Crippen LogP) is 13.7. The van der Waals surface area contributed by atoms with Gasteiger partial charge in [-0.05, 0) is 147 Å². The molecule has 8 aromatic rings. The van der Waals surface area contributed by atoms with Gasteiger partial charge in [-0.15, -0.1) is 5.11 Å². The maximum atomic E-state index is 14.0. The normalized spacial score (nSPS) is 11.2. The van der Waals surface area contributed by atoms with E-state index >= 15 is 0 Å². The van der Waals surface area contributed by atoms with Crippen LogP contribution in [0.3, 0.4) is 0 Å². The van der Waals surface area contributed by atoms with Gasteiger partial charge in [0.1, 0.15) is 5.69 Å². The molecular formula is C52H46N6O2. The molecule has 0 saturated carbocycles. The quantitative estimate of drug-likeness (QED) is 0.0727. The topological polar surface area (TPSA) is 115 Å². The average Bonchev–Trinajstić information content (AvgIpc) is 3.26. The molecule has 0 heterocycles. The summed E-state index contributed by atoms with van der Waals surface area (Å²) in [5, 5.41) is 28.7. The van der Waals surface area contributed by atoms with E-state index in [1.54, 1.807) is 30.3 Å². The number of hydrogen-bond acceptors (Lipinski definition) is 7. The van der Waals surface area contributed by atoms with E-state index in [0.29, 0.717) is 27.8 Å². The molecule has 0 fully saturated rings. The van der Waals surface area contributed by atoms with Gasteiger partial charge >= 0.3 is 0 Å². The van der Waals surface area contributed by atoms with Crippen molar-refractivity contribution in [2.45, 2.75) is 33.6 Å². The first-order valence-corrected chi connectivity index (χ1v) is 20.0. The smallest absolute Gasteiger partial charge is 0.259 e. The third kappa shape index (κ3) is 8.88. The number of nitrogens with one attached hydrogen (secondary N) is 2. The lowest BCUT2D eigenvalue weighted by Gasteiger charge is -2.26. The highest BCUT2D eigenvalue weighted by Crippen LogP contribution is 2.45. The van der Waals surface area contributed by atoms with E-state index in [-0.39, 0.29) is 17.0 Å². The molecule has 0 aliphatic heterocycles. The Morgan fingerprint density at radius 2 is 1.22 bits per heavy atom. The Hall–Kier alpha value is -7.71. The van der Waals surface area contributed by atoms with Crippen LogP contribution in [0.4, 0.5) is 51.2 Å². The largest absolute Gasteiger partial charge is 0.505 e. The summed E-state index contributed by atoms with van der Waals surface area (Å²) in [6.45, 7) is 6.19. The summed E-state index contributed by atoms with van der Waals surface area (Å²) >= 11 is 0. The van der Waals surface area contributed by atoms with Crippen molar-refractivity contribution in [1.82, 2.24) is 0 Å². The van der Waals surface area contributed by atoms with Crippen molar-refractivity contribution in [1.29, 1.82) is 0 Å². The number of nitrogens with zero attached hydrogens (tertiary/aromatic N) is 3. The summed E-state index contributed by atoms with van der Waals surface area (Å²) in [4.78, 5) is 16.3. The summed E-state index contributed by atoms with van der Waals surface area (Å²) in [5.74, 6) is -0.736. The van der Waals surface area contributed by atoms with Crippen molar-refractivity contribution in [3.05, 3.63) is 203 Å². The highest BCUT2D eigenvalue weighted by Gasteiger charge is 2.22. The third-order valence-corrected chi connectivity index (χ3v) is 10.6. The molecule has 5 N–H and O–H groups in total. The number of anilines is 7. The molecule has 8 rings (SSSR count). The fourth-order valence-corrected chi connectivity index (χ4v) is 7.25. The van der Waals surface area contributed by atoms with Gasteiger partial charge in [-0.2, -0.15) is 5.11 Å². The Bertz CT molecular complexity index is 2760. The molecule has 0 bridgehead atoms. The second-order valence-corrected chi connectivity index (χ2v) is 15.1. The van der Waals surface area contributed by atoms with E-state index in [2.05, 4.69) is 118 Å². The van der Waals surface area contributed by atoms with Gasteiger partial charge < -0.3 is 26.4 Å². The number of aryl methyl sites for hydroxylation is 5. The minimum Gasteiger partial charge on any atom is -0.505 e. The first-order valence-electron chi connectivity index (χ1n) is 20.0. The minimum atomic E-state index is -0.462. The van der Waals surface area contributed by atoms with Crippen LogP contribution in [-0.2, 0) is 12.8 Å². The second kappa shape index (κ2) is 17.4. The number of nitrogens with two attached hydrogens (primary N) is 1. The summed E-state index contributed by atoms with van der Waals surface area (Å²) < 4.78 is 0. The SMILES string of the molecule is Cc1ccc(N(c2ccc(C)cc2)c2ccc(CCc3cccc(NC(=O)c4cc5ccc(C)c(Nc6ccccc6)c5c(N=Nc5ccc(N)cc5)c4O)c3)cc2)cc1. The highest BCUT2D eigenvalue weighted by atomic mass is 16.3. The molecule has 0 spiro atoms. The summed E-state index contributed by atoms with van der Waals surface area (Å²) in [6.07, 6.45) is 1.59. The van der Waals surface area contributed by atoms with Crippen LogP contribution in [0.2, 0.25) is 0 Å². The van der Waals surface area contributed by atoms with E-state index in [4.69, 9.17) is 5.73 Å². The standard InChI is InChI=1S/C52H46N6O2/c1-34-12-26-44(27-13-34)58(45-28-14-35(2)15-29-45)46-30-19-37(20-31-46)17-18-38-8-7-11-43(32-38)55-52(60)47-33-39-21-16-36(3)49(54-41-9-5-4-6-10-41)48(39)50(51(47)59)57-56-42-24-22-40(53)23-25-42/h4-16,19-33,54,59H,17-18,53H2,1-3H3,(H,55,60). The van der Waals surface area contributed by atoms with Crippen molar-refractivity contribution >= 4 is 67.9 Å². The first-order chi connectivity index (χ1) is 29.2. The molecule has 0 aliphatic carbocycles. The monoisotopic (exact) mass is 786 g/mol. The van der Waals surface area contributed by atoms with E-state index in [0.717, 1.165) is 52.4 Å². The van der Waals surface area contributed by atoms with Gasteiger partial charge in [-0.25, -0.2) is 0 Å². The number of hydrogen-bond donors (Lipinski definition) is 4. The highest BCUT2D eigenvalue weighted by molar-refractivity contribution is 6.14. The summed E-state index contributed by atoms with van der Waals surface area (Å²) in [6, 6.07) is 56.1. The lowest BCUT2D eigenvalue weighted by atomic mass is 9.98. The molecule has 8 nitrogen and oxygen atoms in total. The van der Waals surface area contributed by atoms with Crippen LogP contribution in [0.1, 0.15) is 38.2 Å². The zero-order valence-electron chi connectivity index (χ0n) is 33.9. The molecule has 0 unspecified atom stereocenters. The number of benzene rings is 8. The molecule has 8 heteroatoms. The van der Waals surface area contributed by atoms with Crippen LogP contribution in [0.15, 0.2) is 180 Å². The predicted molar refractivity (Wildman–Crippen MR) is 248 cm³/mol. The number of aromatic hydroxyl groups is 1. The molecule has 0 saturated heterocycles. The Kier molecular flexibility index (Phi) is 11.4. The van der Waals surface area contributed by atoms with Crippen LogP contribution in [0.5, 0.6) is 5.75 Å². The molecule has 0 radical (unpaired) electrons. The first kappa shape index (κ1) is 39.1. The molecule has 8 aromatic carbocycles. The van der Waals surface area contributed by atoms with Gasteiger partial charge in [0.2, 0.25) is 0 Å². The van der Waals surface area contributed by atoms with Crippen LogP contribution in [-0.4, -0.2) is 11.0 Å². The number of nitrogen functional groups attached to an aromatic ring is 1. The molecular weight excluding hydrogens is 741 g/mol. The number of carbonyl (C=O) groups excluding carboxylic acids is 1. The van der Waals surface area contributed by atoms with Crippen molar-refractivity contribution in [3.63, 3.8) is 0 Å². The number of fused-ring (bicyclic) bond motifs is 1. The fraction of sp³-hybridized carbons (Fsp3) is 0.0962. The van der Waals surface area contributed by atoms with Crippen LogP contribution < -0.4 is 21.3 Å². The Labute approximate surface area is 350 Å². The van der Waals surface area contributed by atoms with E-state index in [1.165, 1.54) is 16.7 Å². The number of amides is 1. The molecule has 1 amide bonds. The third-order valence-electron chi connectivity index (χ3n) is 10.6. The lowest BCUT2D eigenvalue weighted by molar-refractivity contribution is 0.102. The average molecular weight is 787 g/mol. The zero-order chi connectivity index (χ0) is 41.6. The number of carbonyl (C=O) groups is 1. The van der Waals surface area contributed by atoms with Gasteiger partial charge in [0.05, 0.1) is 16.9 Å². The second-order valence-electron chi connectivity index (χ2n) is 15.1. The van der Waals surface area contributed by atoms with Crippen LogP contribution >= 0.6 is 0 Å². The van der Waals surface area contributed by atoms with Crippen LogP contribution in [0.25, 0.3) is 10.8 Å². The van der Waals surface area contributed by atoms with Crippen molar-refractivity contribution < 1.29 is 9.90 Å². The number of rotatable bonds is 12. The van der Waals surface area contributed by atoms with E-state index in [9.17, 15) is 9.90 Å². The molecule has 0 aliphatic rings. The Morgan fingerprint density at radius 1 is 0.617 bits per heavy atom. The molecule has 60 heavy (non-hydrogen) atoms. The maximum absolute atomic E-state index is 14.0. The number of phenolic OH excluding ortho intramolecular Hbond substituents is 1. The van der Waals surface area contributed by atoms with Crippen molar-refractivity contribution in [3.8, 4) is 5.75 Å². The minimum absolute atomic E-state index is 0.0825. The van der Waals surface area contributed by atoms with Crippen LogP contribution in [0, 0.1) is 20.8 Å². The zero-order valence-corrected chi connectivity index (χ0v) is 33.9. The molecule has 296 valence electrons. The van der Waals surface area contributed by atoms with Gasteiger partial charge in [-0.3, -0.25) is 4.79 Å². The lowest BCUT2D eigenvalue weighted by Crippen LogP contribution is -2.12. The van der Waals surface area contributed by atoms with E-state index < -0.39 is 5.91 Å². The number of para-hydroxylation sites is 1. The van der Waals surface area contributed by atoms with Gasteiger partial charge in [0, 0.05) is 39.5 Å². The Balaban J connectivity index is 1.03. The van der Waals surface area contributed by atoms with Gasteiger partial charge in [-0.1, -0.05) is 90.0 Å². The van der Waals surface area contributed by atoms with Crippen molar-refractivity contribution in [2.24, 2.45) is 10.2 Å². The maximum Gasteiger partial charge on any atom is 0.259 e. The molecule has 0 aromatic heterocycles. The number of phenols is 1. The van der Waals surface area contributed by atoms with Crippen molar-refractivity contribution in [2.75, 3.05) is 21.3 Å². The van der Waals surface area contributed by atoms with Gasteiger partial charge in [0.25, 0.3) is 5.91 Å². The molecule has 0 atom stereocenters. The van der Waals surface area contributed by atoms with Gasteiger partial charge in [0.15, 0.2) is 5.75 Å².